The van der Waals surface area contributed by atoms with E-state index in [-0.39, 0.29) is 5.92 Å². The maximum Gasteiger partial charge on any atom is 0.307 e. The fraction of sp³-hybridized carbons (Fsp3) is 0.588. The summed E-state index contributed by atoms with van der Waals surface area (Å²) in [6, 6.07) is 6.60. The van der Waals surface area contributed by atoms with Gasteiger partial charge in [0.15, 0.2) is 0 Å². The molecule has 0 saturated heterocycles. The summed E-state index contributed by atoms with van der Waals surface area (Å²) in [6.45, 7) is 5.35. The van der Waals surface area contributed by atoms with Crippen LogP contribution in [0.2, 0.25) is 0 Å². The topological polar surface area (TPSA) is 49.8 Å². The van der Waals surface area contributed by atoms with Crippen LogP contribution >= 0.6 is 0 Å². The maximum atomic E-state index is 11.1. The van der Waals surface area contributed by atoms with Crippen LogP contribution in [0, 0.1) is 5.92 Å². The number of aliphatic carboxylic acids is 1. The van der Waals surface area contributed by atoms with E-state index in [1.165, 1.54) is 11.1 Å². The van der Waals surface area contributed by atoms with Crippen LogP contribution in [0.25, 0.3) is 0 Å². The van der Waals surface area contributed by atoms with Crippen LogP contribution in [0.5, 0.6) is 5.75 Å². The molecule has 1 N–H and O–H groups in total. The van der Waals surface area contributed by atoms with Crippen molar-refractivity contribution in [3.63, 3.8) is 0 Å². The van der Waals surface area contributed by atoms with Crippen LogP contribution in [-0.4, -0.2) is 36.2 Å². The van der Waals surface area contributed by atoms with Gasteiger partial charge in [0.25, 0.3) is 0 Å². The average Bonchev–Trinajstić information content (AvgIpc) is 2.51. The molecule has 4 nitrogen and oxygen atoms in total. The molecule has 1 aliphatic rings. The number of carboxylic acids is 1. The maximum absolute atomic E-state index is 11.1. The second-order valence-corrected chi connectivity index (χ2v) is 5.80. The van der Waals surface area contributed by atoms with Gasteiger partial charge in [-0.3, -0.25) is 9.69 Å². The van der Waals surface area contributed by atoms with Crippen LogP contribution in [0.3, 0.4) is 0 Å². The molecule has 0 heterocycles. The number of methoxy groups -OCH3 is 1. The van der Waals surface area contributed by atoms with E-state index in [1.807, 2.05) is 6.07 Å². The summed E-state index contributed by atoms with van der Waals surface area (Å²) >= 11 is 0. The van der Waals surface area contributed by atoms with E-state index < -0.39 is 5.97 Å². The normalized spacial score (nSPS) is 19.1. The fourth-order valence-corrected chi connectivity index (χ4v) is 3.18. The molecule has 21 heavy (non-hydrogen) atoms. The number of nitrogens with zero attached hydrogens (tertiary/aromatic N) is 1. The lowest BCUT2D eigenvalue weighted by Gasteiger charge is -2.36. The number of carboxylic acid groups (broad SMARTS) is 1. The van der Waals surface area contributed by atoms with Gasteiger partial charge in [-0.15, -0.1) is 0 Å². The van der Waals surface area contributed by atoms with Gasteiger partial charge in [-0.25, -0.2) is 0 Å². The zero-order chi connectivity index (χ0) is 15.4. The largest absolute Gasteiger partial charge is 0.497 e. The molecule has 4 heteroatoms. The Morgan fingerprint density at radius 1 is 1.52 bits per heavy atom. The molecular formula is C17H25NO3. The summed E-state index contributed by atoms with van der Waals surface area (Å²) in [5, 5.41) is 9.15. The van der Waals surface area contributed by atoms with Crippen molar-refractivity contribution in [2.75, 3.05) is 20.2 Å². The van der Waals surface area contributed by atoms with Crippen LogP contribution in [0.1, 0.15) is 43.9 Å². The van der Waals surface area contributed by atoms with Gasteiger partial charge in [0, 0.05) is 12.6 Å². The molecule has 2 unspecified atom stereocenters. The molecule has 0 fully saturated rings. The highest BCUT2D eigenvalue weighted by Crippen LogP contribution is 2.36. The van der Waals surface area contributed by atoms with Gasteiger partial charge in [0.2, 0.25) is 0 Å². The minimum atomic E-state index is -0.723. The molecule has 2 atom stereocenters. The first-order valence-corrected chi connectivity index (χ1v) is 7.70. The molecule has 0 spiro atoms. The SMILES string of the molecule is CCN(CC(C)C(=O)O)C1CCCc2cc(OC)ccc21. The highest BCUT2D eigenvalue weighted by Gasteiger charge is 2.27. The minimum absolute atomic E-state index is 0.325. The molecule has 0 aromatic heterocycles. The number of ether oxygens (including phenoxy) is 1. The van der Waals surface area contributed by atoms with Crippen LogP contribution in [0.4, 0.5) is 0 Å². The molecule has 0 bridgehead atoms. The number of hydrogen-bond donors (Lipinski definition) is 1. The second kappa shape index (κ2) is 6.94. The van der Waals surface area contributed by atoms with Gasteiger partial charge >= 0.3 is 5.97 Å². The summed E-state index contributed by atoms with van der Waals surface area (Å²) in [6.07, 6.45) is 3.32. The zero-order valence-corrected chi connectivity index (χ0v) is 13.1. The molecule has 116 valence electrons. The first-order chi connectivity index (χ1) is 10.1. The van der Waals surface area contributed by atoms with Crippen molar-refractivity contribution >= 4 is 5.97 Å². The molecule has 0 aliphatic heterocycles. The van der Waals surface area contributed by atoms with E-state index in [4.69, 9.17) is 9.84 Å². The Labute approximate surface area is 126 Å². The van der Waals surface area contributed by atoms with Crippen LogP contribution in [0.15, 0.2) is 18.2 Å². The second-order valence-electron chi connectivity index (χ2n) is 5.80. The zero-order valence-electron chi connectivity index (χ0n) is 13.1. The van der Waals surface area contributed by atoms with Gasteiger partial charge in [-0.05, 0) is 49.1 Å². The number of benzene rings is 1. The van der Waals surface area contributed by atoms with Gasteiger partial charge in [-0.1, -0.05) is 19.9 Å². The standard InChI is InChI=1S/C17H25NO3/c1-4-18(11-12(2)17(19)20)16-7-5-6-13-10-14(21-3)8-9-15(13)16/h8-10,12,16H,4-7,11H2,1-3H3,(H,19,20). The number of hydrogen-bond acceptors (Lipinski definition) is 3. The minimum Gasteiger partial charge on any atom is -0.497 e. The Bertz CT molecular complexity index is 501. The van der Waals surface area contributed by atoms with Crippen molar-refractivity contribution in [1.29, 1.82) is 0 Å². The average molecular weight is 291 g/mol. The summed E-state index contributed by atoms with van der Waals surface area (Å²) in [7, 11) is 1.69. The predicted molar refractivity (Wildman–Crippen MR) is 82.7 cm³/mol. The van der Waals surface area contributed by atoms with Crippen molar-refractivity contribution in [3.05, 3.63) is 29.3 Å². The lowest BCUT2D eigenvalue weighted by atomic mass is 9.86. The van der Waals surface area contributed by atoms with E-state index in [2.05, 4.69) is 24.0 Å². The van der Waals surface area contributed by atoms with Crippen molar-refractivity contribution in [2.45, 2.75) is 39.2 Å². The lowest BCUT2D eigenvalue weighted by molar-refractivity contribution is -0.142. The van der Waals surface area contributed by atoms with Gasteiger partial charge in [0.1, 0.15) is 5.75 Å². The third-order valence-corrected chi connectivity index (χ3v) is 4.41. The number of aryl methyl sites for hydroxylation is 1. The van der Waals surface area contributed by atoms with Crippen LogP contribution < -0.4 is 4.74 Å². The van der Waals surface area contributed by atoms with Crippen LogP contribution in [-0.2, 0) is 11.2 Å². The van der Waals surface area contributed by atoms with E-state index in [9.17, 15) is 4.79 Å². The third-order valence-electron chi connectivity index (χ3n) is 4.41. The molecule has 0 amide bonds. The Morgan fingerprint density at radius 2 is 2.29 bits per heavy atom. The quantitative estimate of drug-likeness (QED) is 0.875. The van der Waals surface area contributed by atoms with E-state index in [0.29, 0.717) is 12.6 Å². The molecular weight excluding hydrogens is 266 g/mol. The van der Waals surface area contributed by atoms with Crippen molar-refractivity contribution < 1.29 is 14.6 Å². The predicted octanol–water partition coefficient (Wildman–Crippen LogP) is 3.12. The Hall–Kier alpha value is -1.55. The van der Waals surface area contributed by atoms with Crippen molar-refractivity contribution in [3.8, 4) is 5.75 Å². The molecule has 0 saturated carbocycles. The summed E-state index contributed by atoms with van der Waals surface area (Å²) in [5.41, 5.74) is 2.67. The lowest BCUT2D eigenvalue weighted by Crippen LogP contribution is -2.36. The Balaban J connectivity index is 2.22. The first-order valence-electron chi connectivity index (χ1n) is 7.70. The fourth-order valence-electron chi connectivity index (χ4n) is 3.18. The summed E-state index contributed by atoms with van der Waals surface area (Å²) < 4.78 is 5.31. The number of carbonyl (C=O) groups is 1. The van der Waals surface area contributed by atoms with Crippen molar-refractivity contribution in [1.82, 2.24) is 4.90 Å². The van der Waals surface area contributed by atoms with Gasteiger partial charge in [-0.2, -0.15) is 0 Å². The summed E-state index contributed by atoms with van der Waals surface area (Å²) in [5.74, 6) is -0.163. The highest BCUT2D eigenvalue weighted by molar-refractivity contribution is 5.69. The molecule has 0 radical (unpaired) electrons. The Kier molecular flexibility index (Phi) is 5.23. The number of fused-ring (bicyclic) bond motifs is 1. The first kappa shape index (κ1) is 15.8. The highest BCUT2D eigenvalue weighted by atomic mass is 16.5. The van der Waals surface area contributed by atoms with Crippen molar-refractivity contribution in [2.24, 2.45) is 5.92 Å². The monoisotopic (exact) mass is 291 g/mol. The molecule has 1 aromatic rings. The van der Waals surface area contributed by atoms with Gasteiger partial charge < -0.3 is 9.84 Å². The molecule has 1 aromatic carbocycles. The summed E-state index contributed by atoms with van der Waals surface area (Å²) in [4.78, 5) is 13.4. The molecule has 1 aliphatic carbocycles. The van der Waals surface area contributed by atoms with E-state index in [1.54, 1.807) is 14.0 Å². The number of rotatable bonds is 6. The third kappa shape index (κ3) is 3.56. The Morgan fingerprint density at radius 3 is 2.90 bits per heavy atom. The van der Waals surface area contributed by atoms with Gasteiger partial charge in [0.05, 0.1) is 13.0 Å². The van der Waals surface area contributed by atoms with E-state index in [0.717, 1.165) is 31.6 Å². The molecule has 2 rings (SSSR count). The smallest absolute Gasteiger partial charge is 0.307 e. The van der Waals surface area contributed by atoms with E-state index >= 15 is 0 Å².